The minimum Gasteiger partial charge on any atom is -0.375 e. The third-order valence-electron chi connectivity index (χ3n) is 6.46. The van der Waals surface area contributed by atoms with E-state index in [9.17, 15) is 0 Å². The first-order chi connectivity index (χ1) is 13.0. The molecule has 0 bridgehead atoms. The molecular formula is C22H35BrO4. The minimum atomic E-state index is -0.387. The van der Waals surface area contributed by atoms with Crippen LogP contribution in [0.3, 0.4) is 0 Å². The maximum atomic E-state index is 6.53. The summed E-state index contributed by atoms with van der Waals surface area (Å²) in [5.41, 5.74) is 0.400. The monoisotopic (exact) mass is 442 g/mol. The van der Waals surface area contributed by atoms with E-state index in [4.69, 9.17) is 18.9 Å². The Balaban J connectivity index is 2.37. The van der Waals surface area contributed by atoms with Crippen molar-refractivity contribution in [1.82, 2.24) is 0 Å². The lowest BCUT2D eigenvalue weighted by atomic mass is 9.78. The molecule has 0 aliphatic carbocycles. The highest BCUT2D eigenvalue weighted by Gasteiger charge is 2.56. The van der Waals surface area contributed by atoms with Crippen molar-refractivity contribution in [1.29, 1.82) is 0 Å². The summed E-state index contributed by atoms with van der Waals surface area (Å²) in [4.78, 5) is 0. The molecule has 154 valence electrons. The number of hydrogen-bond acceptors (Lipinski definition) is 4. The molecule has 0 saturated carbocycles. The Morgan fingerprint density at radius 1 is 0.852 bits per heavy atom. The van der Waals surface area contributed by atoms with Crippen molar-refractivity contribution in [3.05, 3.63) is 34.3 Å². The summed E-state index contributed by atoms with van der Waals surface area (Å²) in [6.07, 6.45) is 3.46. The zero-order valence-electron chi connectivity index (χ0n) is 17.6. The quantitative estimate of drug-likeness (QED) is 0.478. The van der Waals surface area contributed by atoms with Gasteiger partial charge >= 0.3 is 0 Å². The Bertz CT molecular complexity index is 539. The van der Waals surface area contributed by atoms with Gasteiger partial charge in [0, 0.05) is 25.1 Å². The summed E-state index contributed by atoms with van der Waals surface area (Å²) in [6, 6.07) is 8.21. The summed E-state index contributed by atoms with van der Waals surface area (Å²) in [6.45, 7) is 8.61. The molecule has 2 atom stereocenters. The Labute approximate surface area is 173 Å². The predicted octanol–water partition coefficient (Wildman–Crippen LogP) is 5.51. The highest BCUT2D eigenvalue weighted by Crippen LogP contribution is 2.43. The lowest BCUT2D eigenvalue weighted by Gasteiger charge is -2.44. The van der Waals surface area contributed by atoms with Gasteiger partial charge in [-0.15, -0.1) is 0 Å². The molecular weight excluding hydrogens is 408 g/mol. The molecule has 1 aliphatic heterocycles. The van der Waals surface area contributed by atoms with Crippen LogP contribution in [0.1, 0.15) is 58.9 Å². The molecule has 0 aromatic heterocycles. The molecule has 27 heavy (non-hydrogen) atoms. The zero-order valence-corrected chi connectivity index (χ0v) is 19.2. The maximum Gasteiger partial charge on any atom is 0.162 e. The SMILES string of the molecule is CCC(CC)(OC)[C@@H]1OC(Cc2ccccc2Br)O[C@H]1C(CC)(CC)OC. The Morgan fingerprint density at radius 2 is 1.30 bits per heavy atom. The van der Waals surface area contributed by atoms with Gasteiger partial charge in [-0.1, -0.05) is 61.8 Å². The van der Waals surface area contributed by atoms with Gasteiger partial charge in [-0.2, -0.15) is 0 Å². The third kappa shape index (κ3) is 4.43. The molecule has 4 nitrogen and oxygen atoms in total. The van der Waals surface area contributed by atoms with Crippen LogP contribution in [0, 0.1) is 0 Å². The van der Waals surface area contributed by atoms with E-state index >= 15 is 0 Å². The fourth-order valence-electron chi connectivity index (χ4n) is 4.36. The van der Waals surface area contributed by atoms with Gasteiger partial charge < -0.3 is 18.9 Å². The largest absolute Gasteiger partial charge is 0.375 e. The van der Waals surface area contributed by atoms with Crippen LogP contribution in [0.25, 0.3) is 0 Å². The van der Waals surface area contributed by atoms with Crippen LogP contribution >= 0.6 is 15.9 Å². The van der Waals surface area contributed by atoms with Gasteiger partial charge in [0.2, 0.25) is 0 Å². The lowest BCUT2D eigenvalue weighted by Crippen LogP contribution is -2.57. The Morgan fingerprint density at radius 3 is 1.67 bits per heavy atom. The number of hydrogen-bond donors (Lipinski definition) is 0. The third-order valence-corrected chi connectivity index (χ3v) is 7.23. The number of halogens is 1. The standard InChI is InChI=1S/C22H35BrO4/c1-7-21(8-2,24-5)19-20(22(9-3,10-4)25-6)27-18(26-19)15-16-13-11-12-14-17(16)23/h11-14,18-20H,7-10,15H2,1-6H3/t19-,20-/m1/s1. The summed E-state index contributed by atoms with van der Waals surface area (Å²) < 4.78 is 26.2. The predicted molar refractivity (Wildman–Crippen MR) is 112 cm³/mol. The van der Waals surface area contributed by atoms with Crippen molar-refractivity contribution in [2.45, 2.75) is 89.5 Å². The van der Waals surface area contributed by atoms with E-state index in [1.54, 1.807) is 14.2 Å². The van der Waals surface area contributed by atoms with Gasteiger partial charge in [0.1, 0.15) is 12.2 Å². The second-order valence-electron chi connectivity index (χ2n) is 7.29. The summed E-state index contributed by atoms with van der Waals surface area (Å²) in [5.74, 6) is 0. The molecule has 1 heterocycles. The first-order valence-corrected chi connectivity index (χ1v) is 10.9. The molecule has 0 spiro atoms. The van der Waals surface area contributed by atoms with Crippen molar-refractivity contribution in [3.8, 4) is 0 Å². The van der Waals surface area contributed by atoms with E-state index < -0.39 is 0 Å². The Kier molecular flexibility index (Phi) is 8.32. The average Bonchev–Trinajstić information content (AvgIpc) is 3.12. The second-order valence-corrected chi connectivity index (χ2v) is 8.14. The van der Waals surface area contributed by atoms with Gasteiger partial charge in [-0.3, -0.25) is 0 Å². The number of benzene rings is 1. The smallest absolute Gasteiger partial charge is 0.162 e. The Hall–Kier alpha value is -0.460. The van der Waals surface area contributed by atoms with Crippen LogP contribution in [0.2, 0.25) is 0 Å². The van der Waals surface area contributed by atoms with E-state index in [0.717, 1.165) is 30.2 Å². The molecule has 1 fully saturated rings. The maximum absolute atomic E-state index is 6.53. The van der Waals surface area contributed by atoms with Crippen LogP contribution in [0.15, 0.2) is 28.7 Å². The highest BCUT2D eigenvalue weighted by atomic mass is 79.9. The molecule has 0 unspecified atom stereocenters. The summed E-state index contributed by atoms with van der Waals surface area (Å²) in [7, 11) is 3.56. The van der Waals surface area contributed by atoms with Crippen LogP contribution in [-0.2, 0) is 25.4 Å². The molecule has 1 aromatic rings. The fraction of sp³-hybridized carbons (Fsp3) is 0.727. The first kappa shape index (κ1) is 22.8. The fourth-order valence-corrected chi connectivity index (χ4v) is 4.80. The van der Waals surface area contributed by atoms with E-state index in [-0.39, 0.29) is 29.7 Å². The zero-order chi connectivity index (χ0) is 20.1. The van der Waals surface area contributed by atoms with Gasteiger partial charge in [-0.05, 0) is 37.3 Å². The molecule has 1 aromatic carbocycles. The molecule has 0 amide bonds. The van der Waals surface area contributed by atoms with Gasteiger partial charge in [0.25, 0.3) is 0 Å². The van der Waals surface area contributed by atoms with E-state index in [1.807, 2.05) is 18.2 Å². The lowest BCUT2D eigenvalue weighted by molar-refractivity contribution is -0.162. The molecule has 1 saturated heterocycles. The average molecular weight is 443 g/mol. The van der Waals surface area contributed by atoms with Crippen molar-refractivity contribution < 1.29 is 18.9 Å². The van der Waals surface area contributed by atoms with Crippen LogP contribution < -0.4 is 0 Å². The second kappa shape index (κ2) is 9.84. The number of methoxy groups -OCH3 is 2. The molecule has 0 radical (unpaired) electrons. The number of rotatable bonds is 10. The van der Waals surface area contributed by atoms with E-state index in [1.165, 1.54) is 5.56 Å². The van der Waals surface area contributed by atoms with Crippen molar-refractivity contribution in [2.24, 2.45) is 0 Å². The van der Waals surface area contributed by atoms with E-state index in [0.29, 0.717) is 6.42 Å². The van der Waals surface area contributed by atoms with Gasteiger partial charge in [0.15, 0.2) is 6.29 Å². The highest BCUT2D eigenvalue weighted by molar-refractivity contribution is 9.10. The molecule has 2 rings (SSSR count). The van der Waals surface area contributed by atoms with Crippen LogP contribution in [-0.4, -0.2) is 43.9 Å². The van der Waals surface area contributed by atoms with Crippen molar-refractivity contribution in [3.63, 3.8) is 0 Å². The topological polar surface area (TPSA) is 36.9 Å². The normalized spacial score (nSPS) is 21.7. The van der Waals surface area contributed by atoms with Crippen LogP contribution in [0.4, 0.5) is 0 Å². The first-order valence-electron chi connectivity index (χ1n) is 10.1. The molecule has 1 aliphatic rings. The van der Waals surface area contributed by atoms with Gasteiger partial charge in [0.05, 0.1) is 11.2 Å². The van der Waals surface area contributed by atoms with E-state index in [2.05, 4.69) is 49.7 Å². The van der Waals surface area contributed by atoms with Crippen molar-refractivity contribution >= 4 is 15.9 Å². The van der Waals surface area contributed by atoms with Crippen molar-refractivity contribution in [2.75, 3.05) is 14.2 Å². The summed E-state index contributed by atoms with van der Waals surface area (Å²) >= 11 is 3.63. The minimum absolute atomic E-state index is 0.176. The summed E-state index contributed by atoms with van der Waals surface area (Å²) in [5, 5.41) is 0. The molecule has 5 heteroatoms. The molecule has 0 N–H and O–H groups in total. The van der Waals surface area contributed by atoms with Crippen LogP contribution in [0.5, 0.6) is 0 Å². The number of ether oxygens (including phenoxy) is 4. The van der Waals surface area contributed by atoms with Gasteiger partial charge in [-0.25, -0.2) is 0 Å².